The molecule has 0 spiro atoms. The van der Waals surface area contributed by atoms with Gasteiger partial charge in [-0.2, -0.15) is 0 Å². The SMILES string of the molecule is Cc1ccc(NC(=S)NC(NC(=O)c2ccccc2I)C(Cl)(Cl)Cl)cc1. The molecule has 2 aromatic rings. The number of hydrogen-bond donors (Lipinski definition) is 3. The Morgan fingerprint density at radius 2 is 1.69 bits per heavy atom. The van der Waals surface area contributed by atoms with Crippen LogP contribution in [0.25, 0.3) is 0 Å². The number of benzene rings is 2. The summed E-state index contributed by atoms with van der Waals surface area (Å²) in [6.07, 6.45) is -1.03. The number of carbonyl (C=O) groups excluding carboxylic acids is 1. The summed E-state index contributed by atoms with van der Waals surface area (Å²) in [5.74, 6) is -0.378. The Morgan fingerprint density at radius 3 is 2.27 bits per heavy atom. The number of halogens is 4. The Kier molecular flexibility index (Phi) is 7.78. The molecular weight excluding hydrogens is 528 g/mol. The molecule has 0 saturated heterocycles. The molecule has 1 unspecified atom stereocenters. The van der Waals surface area contributed by atoms with E-state index in [0.717, 1.165) is 14.8 Å². The summed E-state index contributed by atoms with van der Waals surface area (Å²) in [5.41, 5.74) is 2.38. The van der Waals surface area contributed by atoms with E-state index in [1.54, 1.807) is 12.1 Å². The monoisotopic (exact) mass is 541 g/mol. The topological polar surface area (TPSA) is 53.2 Å². The van der Waals surface area contributed by atoms with E-state index < -0.39 is 9.96 Å². The number of nitrogens with one attached hydrogen (secondary N) is 3. The van der Waals surface area contributed by atoms with Gasteiger partial charge in [0.1, 0.15) is 6.17 Å². The van der Waals surface area contributed by atoms with Crippen molar-refractivity contribution in [3.05, 3.63) is 63.2 Å². The molecule has 1 amide bonds. The zero-order valence-electron chi connectivity index (χ0n) is 13.5. The second-order valence-corrected chi connectivity index (χ2v) is 9.33. The predicted octanol–water partition coefficient (Wildman–Crippen LogP) is 5.01. The number of thiocarbonyl (C=S) groups is 1. The number of carbonyl (C=O) groups is 1. The van der Waals surface area contributed by atoms with Crippen LogP contribution in [0.15, 0.2) is 48.5 Å². The van der Waals surface area contributed by atoms with Crippen molar-refractivity contribution in [2.45, 2.75) is 16.9 Å². The maximum absolute atomic E-state index is 12.5. The van der Waals surface area contributed by atoms with Crippen LogP contribution in [0.4, 0.5) is 5.69 Å². The number of rotatable bonds is 4. The van der Waals surface area contributed by atoms with Crippen molar-refractivity contribution < 1.29 is 4.79 Å². The van der Waals surface area contributed by atoms with Gasteiger partial charge in [0.25, 0.3) is 5.91 Å². The van der Waals surface area contributed by atoms with Crippen LogP contribution < -0.4 is 16.0 Å². The molecule has 138 valence electrons. The van der Waals surface area contributed by atoms with Gasteiger partial charge in [0.2, 0.25) is 3.79 Å². The fourth-order valence-corrected chi connectivity index (χ4v) is 3.18. The largest absolute Gasteiger partial charge is 0.339 e. The fourth-order valence-electron chi connectivity index (χ4n) is 1.99. The lowest BCUT2D eigenvalue weighted by Crippen LogP contribution is -2.56. The fraction of sp³-hybridized carbons (Fsp3) is 0.176. The first-order valence-electron chi connectivity index (χ1n) is 7.43. The van der Waals surface area contributed by atoms with Gasteiger partial charge < -0.3 is 16.0 Å². The molecule has 9 heteroatoms. The van der Waals surface area contributed by atoms with Crippen LogP contribution in [-0.2, 0) is 0 Å². The quantitative estimate of drug-likeness (QED) is 0.220. The second-order valence-electron chi connectivity index (χ2n) is 5.39. The molecule has 0 aliphatic heterocycles. The summed E-state index contributed by atoms with van der Waals surface area (Å²) in [5, 5.41) is 8.70. The van der Waals surface area contributed by atoms with E-state index in [2.05, 4.69) is 38.5 Å². The Labute approximate surface area is 186 Å². The van der Waals surface area contributed by atoms with Gasteiger partial charge in [-0.25, -0.2) is 0 Å². The van der Waals surface area contributed by atoms with Gasteiger partial charge in [0.05, 0.1) is 5.56 Å². The number of amides is 1. The first-order valence-corrected chi connectivity index (χ1v) is 10.0. The van der Waals surface area contributed by atoms with Gasteiger partial charge in [-0.1, -0.05) is 64.6 Å². The van der Waals surface area contributed by atoms with Crippen LogP contribution >= 0.6 is 69.6 Å². The molecule has 0 aliphatic rings. The summed E-state index contributed by atoms with van der Waals surface area (Å²) in [4.78, 5) is 12.5. The number of aryl methyl sites for hydroxylation is 1. The molecule has 0 bridgehead atoms. The van der Waals surface area contributed by atoms with Crippen LogP contribution in [-0.4, -0.2) is 21.0 Å². The van der Waals surface area contributed by atoms with Gasteiger partial charge in [0, 0.05) is 9.26 Å². The third kappa shape index (κ3) is 6.42. The average Bonchev–Trinajstić information content (AvgIpc) is 2.56. The molecule has 0 aromatic heterocycles. The van der Waals surface area contributed by atoms with Gasteiger partial charge in [-0.15, -0.1) is 0 Å². The first-order chi connectivity index (χ1) is 12.2. The third-order valence-corrected chi connectivity index (χ3v) is 5.12. The molecule has 3 N–H and O–H groups in total. The standard InChI is InChI=1S/C17H15Cl3IN3OS/c1-10-6-8-11(9-7-10)22-16(26)24-15(17(18,19)20)23-14(25)12-4-2-3-5-13(12)21/h2-9,15H,1H3,(H,23,25)(H2,22,24,26). The van der Waals surface area contributed by atoms with E-state index in [9.17, 15) is 4.79 Å². The average molecular weight is 543 g/mol. The molecular formula is C17H15Cl3IN3OS. The Morgan fingerprint density at radius 1 is 1.08 bits per heavy atom. The molecule has 26 heavy (non-hydrogen) atoms. The maximum Gasteiger partial charge on any atom is 0.254 e. The van der Waals surface area contributed by atoms with Crippen LogP contribution in [0, 0.1) is 10.5 Å². The molecule has 2 aromatic carbocycles. The van der Waals surface area contributed by atoms with E-state index in [1.807, 2.05) is 43.3 Å². The lowest BCUT2D eigenvalue weighted by atomic mass is 10.2. The highest BCUT2D eigenvalue weighted by Gasteiger charge is 2.35. The lowest BCUT2D eigenvalue weighted by Gasteiger charge is -2.28. The molecule has 0 heterocycles. The van der Waals surface area contributed by atoms with Gasteiger partial charge in [-0.3, -0.25) is 4.79 Å². The van der Waals surface area contributed by atoms with E-state index in [-0.39, 0.29) is 11.0 Å². The predicted molar refractivity (Wildman–Crippen MR) is 121 cm³/mol. The van der Waals surface area contributed by atoms with E-state index in [1.165, 1.54) is 0 Å². The highest BCUT2D eigenvalue weighted by Crippen LogP contribution is 2.29. The summed E-state index contributed by atoms with van der Waals surface area (Å²) in [7, 11) is 0. The van der Waals surface area contributed by atoms with Crippen molar-refractivity contribution in [1.29, 1.82) is 0 Å². The molecule has 0 aliphatic carbocycles. The van der Waals surface area contributed by atoms with Crippen LogP contribution in [0.3, 0.4) is 0 Å². The van der Waals surface area contributed by atoms with Gasteiger partial charge >= 0.3 is 0 Å². The molecule has 1 atom stereocenters. The van der Waals surface area contributed by atoms with Crippen molar-refractivity contribution in [3.63, 3.8) is 0 Å². The summed E-state index contributed by atoms with van der Waals surface area (Å²) < 4.78 is -1.03. The normalized spacial score (nSPS) is 12.2. The van der Waals surface area contributed by atoms with Crippen LogP contribution in [0.2, 0.25) is 0 Å². The Bertz CT molecular complexity index is 797. The number of alkyl halides is 3. The van der Waals surface area contributed by atoms with Crippen LogP contribution in [0.5, 0.6) is 0 Å². The van der Waals surface area contributed by atoms with Crippen molar-refractivity contribution in [2.75, 3.05) is 5.32 Å². The number of hydrogen-bond acceptors (Lipinski definition) is 2. The van der Waals surface area contributed by atoms with Crippen molar-refractivity contribution in [2.24, 2.45) is 0 Å². The molecule has 0 fully saturated rings. The van der Waals surface area contributed by atoms with Crippen molar-refractivity contribution >= 4 is 86.3 Å². The molecule has 0 saturated carbocycles. The second kappa shape index (κ2) is 9.41. The first kappa shape index (κ1) is 21.5. The summed E-state index contributed by atoms with van der Waals surface area (Å²) >= 11 is 25.3. The zero-order chi connectivity index (χ0) is 19.3. The Hall–Kier alpha value is -0.800. The highest BCUT2D eigenvalue weighted by atomic mass is 127. The van der Waals surface area contributed by atoms with E-state index in [4.69, 9.17) is 47.0 Å². The summed E-state index contributed by atoms with van der Waals surface area (Å²) in [6, 6.07) is 14.7. The minimum Gasteiger partial charge on any atom is -0.339 e. The minimum absolute atomic E-state index is 0.216. The maximum atomic E-state index is 12.5. The van der Waals surface area contributed by atoms with E-state index in [0.29, 0.717) is 5.56 Å². The van der Waals surface area contributed by atoms with Gasteiger partial charge in [0.15, 0.2) is 5.11 Å². The van der Waals surface area contributed by atoms with Crippen LogP contribution in [0.1, 0.15) is 15.9 Å². The smallest absolute Gasteiger partial charge is 0.254 e. The minimum atomic E-state index is -1.81. The Balaban J connectivity index is 2.07. The van der Waals surface area contributed by atoms with Gasteiger partial charge in [-0.05, 0) is 66.0 Å². The summed E-state index contributed by atoms with van der Waals surface area (Å²) in [6.45, 7) is 1.99. The zero-order valence-corrected chi connectivity index (χ0v) is 18.8. The number of anilines is 1. The molecule has 0 radical (unpaired) electrons. The molecule has 2 rings (SSSR count). The highest BCUT2D eigenvalue weighted by molar-refractivity contribution is 14.1. The van der Waals surface area contributed by atoms with Crippen molar-refractivity contribution in [3.8, 4) is 0 Å². The molecule has 4 nitrogen and oxygen atoms in total. The van der Waals surface area contributed by atoms with Crippen molar-refractivity contribution in [1.82, 2.24) is 10.6 Å². The lowest BCUT2D eigenvalue weighted by molar-refractivity contribution is 0.0933. The van der Waals surface area contributed by atoms with E-state index >= 15 is 0 Å². The third-order valence-electron chi connectivity index (χ3n) is 3.31.